The van der Waals surface area contributed by atoms with Crippen LogP contribution in [0.25, 0.3) is 0 Å². The Labute approximate surface area is 121 Å². The minimum atomic E-state index is -3.90. The van der Waals surface area contributed by atoms with Crippen molar-refractivity contribution >= 4 is 21.7 Å². The lowest BCUT2D eigenvalue weighted by molar-refractivity contribution is 0.0693. The lowest BCUT2D eigenvalue weighted by Crippen LogP contribution is -2.14. The van der Waals surface area contributed by atoms with Gasteiger partial charge >= 0.3 is 5.97 Å². The highest BCUT2D eigenvalue weighted by Crippen LogP contribution is 2.23. The molecule has 0 aliphatic carbocycles. The molecular formula is C13H12N2O5S. The van der Waals surface area contributed by atoms with Crippen molar-refractivity contribution in [3.05, 3.63) is 48.3 Å². The van der Waals surface area contributed by atoms with Crippen LogP contribution in [0.5, 0.6) is 5.75 Å². The molecule has 2 aromatic rings. The third-order valence-electron chi connectivity index (χ3n) is 2.63. The molecule has 0 saturated carbocycles. The highest BCUT2D eigenvalue weighted by molar-refractivity contribution is 7.92. The maximum Gasteiger partial charge on any atom is 0.339 e. The molecule has 0 aliphatic heterocycles. The number of carboxylic acids is 1. The summed E-state index contributed by atoms with van der Waals surface area (Å²) in [4.78, 5) is 14.7. The van der Waals surface area contributed by atoms with Gasteiger partial charge in [0.1, 0.15) is 11.3 Å². The van der Waals surface area contributed by atoms with E-state index in [1.54, 1.807) is 6.07 Å². The lowest BCUT2D eigenvalue weighted by atomic mass is 10.2. The Morgan fingerprint density at radius 2 is 2.10 bits per heavy atom. The summed E-state index contributed by atoms with van der Waals surface area (Å²) >= 11 is 0. The standard InChI is InChI=1S/C13H12N2O5S/c1-20-12-5-4-10(7-11(12)13(16)17)21(18,19)15-9-3-2-6-14-8-9/h2-8,15H,1H3,(H,16,17). The van der Waals surface area contributed by atoms with Crippen LogP contribution in [0, 0.1) is 0 Å². The normalized spacial score (nSPS) is 10.9. The van der Waals surface area contributed by atoms with E-state index in [4.69, 9.17) is 9.84 Å². The van der Waals surface area contributed by atoms with E-state index in [1.165, 1.54) is 37.7 Å². The number of aromatic nitrogens is 1. The number of rotatable bonds is 5. The van der Waals surface area contributed by atoms with E-state index in [-0.39, 0.29) is 21.9 Å². The first kappa shape index (κ1) is 14.8. The minimum absolute atomic E-state index is 0.0860. The summed E-state index contributed by atoms with van der Waals surface area (Å²) in [7, 11) is -2.59. The Morgan fingerprint density at radius 1 is 1.33 bits per heavy atom. The van der Waals surface area contributed by atoms with E-state index in [1.807, 2.05) is 0 Å². The van der Waals surface area contributed by atoms with Crippen LogP contribution >= 0.6 is 0 Å². The van der Waals surface area contributed by atoms with Crippen LogP contribution in [-0.4, -0.2) is 31.6 Å². The number of sulfonamides is 1. The maximum atomic E-state index is 12.2. The number of nitrogens with one attached hydrogen (secondary N) is 1. The largest absolute Gasteiger partial charge is 0.496 e. The van der Waals surface area contributed by atoms with Crippen LogP contribution in [0.2, 0.25) is 0 Å². The van der Waals surface area contributed by atoms with Crippen LogP contribution in [0.3, 0.4) is 0 Å². The number of methoxy groups -OCH3 is 1. The van der Waals surface area contributed by atoms with Gasteiger partial charge < -0.3 is 9.84 Å². The van der Waals surface area contributed by atoms with Crippen LogP contribution < -0.4 is 9.46 Å². The molecule has 8 heteroatoms. The van der Waals surface area contributed by atoms with E-state index in [9.17, 15) is 13.2 Å². The summed E-state index contributed by atoms with van der Waals surface area (Å²) in [6.07, 6.45) is 2.85. The molecule has 0 bridgehead atoms. The van der Waals surface area contributed by atoms with E-state index in [2.05, 4.69) is 9.71 Å². The zero-order chi connectivity index (χ0) is 15.5. The van der Waals surface area contributed by atoms with E-state index in [0.29, 0.717) is 0 Å². The number of anilines is 1. The molecule has 2 rings (SSSR count). The van der Waals surface area contributed by atoms with Crippen LogP contribution in [-0.2, 0) is 10.0 Å². The number of carboxylic acid groups (broad SMARTS) is 1. The summed E-state index contributed by atoms with van der Waals surface area (Å²) in [6.45, 7) is 0. The second kappa shape index (κ2) is 5.80. The number of hydrogen-bond acceptors (Lipinski definition) is 5. The van der Waals surface area contributed by atoms with Crippen LogP contribution in [0.1, 0.15) is 10.4 Å². The average molecular weight is 308 g/mol. The number of pyridine rings is 1. The van der Waals surface area contributed by atoms with E-state index >= 15 is 0 Å². The lowest BCUT2D eigenvalue weighted by Gasteiger charge is -2.10. The van der Waals surface area contributed by atoms with Gasteiger partial charge in [-0.25, -0.2) is 13.2 Å². The molecule has 0 aliphatic rings. The number of aromatic carboxylic acids is 1. The predicted molar refractivity (Wildman–Crippen MR) is 75.0 cm³/mol. The van der Waals surface area contributed by atoms with Gasteiger partial charge in [0.05, 0.1) is 23.9 Å². The first-order valence-corrected chi connectivity index (χ1v) is 7.26. The van der Waals surface area contributed by atoms with E-state index in [0.717, 1.165) is 6.07 Å². The maximum absolute atomic E-state index is 12.2. The Kier molecular flexibility index (Phi) is 4.08. The molecule has 0 amide bonds. The Balaban J connectivity index is 2.41. The molecule has 0 spiro atoms. The van der Waals surface area contributed by atoms with Gasteiger partial charge in [0.25, 0.3) is 10.0 Å². The fourth-order valence-electron chi connectivity index (χ4n) is 1.66. The van der Waals surface area contributed by atoms with Crippen molar-refractivity contribution in [2.75, 3.05) is 11.8 Å². The van der Waals surface area contributed by atoms with Crippen molar-refractivity contribution in [2.45, 2.75) is 4.90 Å². The molecule has 0 saturated heterocycles. The number of carbonyl (C=O) groups is 1. The first-order valence-electron chi connectivity index (χ1n) is 5.78. The zero-order valence-electron chi connectivity index (χ0n) is 11.0. The number of ether oxygens (including phenoxy) is 1. The zero-order valence-corrected chi connectivity index (χ0v) is 11.8. The topological polar surface area (TPSA) is 106 Å². The minimum Gasteiger partial charge on any atom is -0.496 e. The average Bonchev–Trinajstić information content (AvgIpc) is 2.47. The molecule has 1 aromatic heterocycles. The quantitative estimate of drug-likeness (QED) is 0.869. The summed E-state index contributed by atoms with van der Waals surface area (Å²) in [5.74, 6) is -1.19. The molecule has 21 heavy (non-hydrogen) atoms. The summed E-state index contributed by atoms with van der Waals surface area (Å²) in [6, 6.07) is 6.71. The molecule has 0 unspecified atom stereocenters. The van der Waals surface area contributed by atoms with Gasteiger partial charge in [-0.1, -0.05) is 0 Å². The molecule has 7 nitrogen and oxygen atoms in total. The third-order valence-corrected chi connectivity index (χ3v) is 4.00. The monoisotopic (exact) mass is 308 g/mol. The SMILES string of the molecule is COc1ccc(S(=O)(=O)Nc2cccnc2)cc1C(=O)O. The Hall–Kier alpha value is -2.61. The molecule has 1 aromatic carbocycles. The van der Waals surface area contributed by atoms with Crippen molar-refractivity contribution in [3.63, 3.8) is 0 Å². The highest BCUT2D eigenvalue weighted by Gasteiger charge is 2.19. The van der Waals surface area contributed by atoms with Gasteiger partial charge in [0.2, 0.25) is 0 Å². The van der Waals surface area contributed by atoms with Crippen molar-refractivity contribution in [1.29, 1.82) is 0 Å². The van der Waals surface area contributed by atoms with Crippen molar-refractivity contribution < 1.29 is 23.1 Å². The van der Waals surface area contributed by atoms with Gasteiger partial charge in [-0.2, -0.15) is 0 Å². The number of hydrogen-bond donors (Lipinski definition) is 2. The second-order valence-corrected chi connectivity index (χ2v) is 5.70. The molecule has 0 atom stereocenters. The van der Waals surface area contributed by atoms with E-state index < -0.39 is 16.0 Å². The third kappa shape index (κ3) is 3.29. The van der Waals surface area contributed by atoms with Gasteiger partial charge in [0.15, 0.2) is 0 Å². The van der Waals surface area contributed by atoms with Gasteiger partial charge in [-0.05, 0) is 30.3 Å². The summed E-state index contributed by atoms with van der Waals surface area (Å²) < 4.78 is 31.6. The van der Waals surface area contributed by atoms with Crippen molar-refractivity contribution in [3.8, 4) is 5.75 Å². The van der Waals surface area contributed by atoms with Crippen LogP contribution in [0.15, 0.2) is 47.6 Å². The smallest absolute Gasteiger partial charge is 0.339 e. The summed E-state index contributed by atoms with van der Waals surface area (Å²) in [5, 5.41) is 9.07. The Bertz CT molecular complexity index is 759. The first-order chi connectivity index (χ1) is 9.94. The fraction of sp³-hybridized carbons (Fsp3) is 0.0769. The molecule has 0 fully saturated rings. The van der Waals surface area contributed by atoms with Gasteiger partial charge in [-0.3, -0.25) is 9.71 Å². The summed E-state index contributed by atoms with van der Waals surface area (Å²) in [5.41, 5.74) is 0.0526. The molecule has 2 N–H and O–H groups in total. The number of nitrogens with zero attached hydrogens (tertiary/aromatic N) is 1. The van der Waals surface area contributed by atoms with Crippen molar-refractivity contribution in [2.24, 2.45) is 0 Å². The predicted octanol–water partition coefficient (Wildman–Crippen LogP) is 1.59. The Morgan fingerprint density at radius 3 is 2.67 bits per heavy atom. The molecule has 110 valence electrons. The number of benzene rings is 1. The van der Waals surface area contributed by atoms with Crippen molar-refractivity contribution in [1.82, 2.24) is 4.98 Å². The van der Waals surface area contributed by atoms with Crippen LogP contribution in [0.4, 0.5) is 5.69 Å². The second-order valence-electron chi connectivity index (χ2n) is 4.01. The molecule has 1 heterocycles. The van der Waals surface area contributed by atoms with Gasteiger partial charge in [-0.15, -0.1) is 0 Å². The molecule has 0 radical (unpaired) electrons. The fourth-order valence-corrected chi connectivity index (χ4v) is 2.73. The van der Waals surface area contributed by atoms with Gasteiger partial charge in [0, 0.05) is 6.20 Å². The molecular weight excluding hydrogens is 296 g/mol. The highest BCUT2D eigenvalue weighted by atomic mass is 32.2.